The minimum Gasteiger partial charge on any atom is -0.488 e. The number of likely N-dealkylation sites (tertiary alicyclic amines) is 1. The number of anilines is 1. The van der Waals surface area contributed by atoms with Crippen LogP contribution in [0.2, 0.25) is 0 Å². The molecule has 188 valence electrons. The number of thiophene rings is 1. The zero-order valence-electron chi connectivity index (χ0n) is 18.8. The Hall–Kier alpha value is -1.82. The normalized spacial score (nSPS) is 21.5. The molecule has 0 amide bonds. The standard InChI is InChI=1S/C23H29F3N2O4S2/c1-28-12-11-17(14-28)32-19-13-16(7-8-18(19)23(24,25)26)27-34(30,31)21-10-9-20(33-21)22(29)15-5-3-2-4-6-15/h7-10,13,15,17,22,27,29H,2-6,11-12,14H2,1H3/t17-,22?/m1/s1. The number of hydrogen-bond donors (Lipinski definition) is 2. The fourth-order valence-electron chi connectivity index (χ4n) is 4.61. The van der Waals surface area contributed by atoms with Crippen LogP contribution in [-0.4, -0.2) is 44.7 Å². The molecule has 2 aliphatic rings. The molecular formula is C23H29F3N2O4S2. The summed E-state index contributed by atoms with van der Waals surface area (Å²) in [5.41, 5.74) is -0.962. The van der Waals surface area contributed by atoms with E-state index in [9.17, 15) is 26.7 Å². The Labute approximate surface area is 201 Å². The van der Waals surface area contributed by atoms with Crippen molar-refractivity contribution >= 4 is 27.0 Å². The molecule has 1 unspecified atom stereocenters. The number of sulfonamides is 1. The number of hydrogen-bond acceptors (Lipinski definition) is 6. The van der Waals surface area contributed by atoms with E-state index in [-0.39, 0.29) is 15.8 Å². The Morgan fingerprint density at radius 1 is 1.15 bits per heavy atom. The minimum atomic E-state index is -4.63. The second-order valence-corrected chi connectivity index (χ2v) is 12.1. The van der Waals surface area contributed by atoms with Gasteiger partial charge < -0.3 is 14.7 Å². The van der Waals surface area contributed by atoms with Crippen molar-refractivity contribution in [3.05, 3.63) is 40.8 Å². The fourth-order valence-corrected chi connectivity index (χ4v) is 7.07. The van der Waals surface area contributed by atoms with E-state index in [2.05, 4.69) is 4.72 Å². The summed E-state index contributed by atoms with van der Waals surface area (Å²) < 4.78 is 74.4. The van der Waals surface area contributed by atoms with E-state index in [1.807, 2.05) is 11.9 Å². The van der Waals surface area contributed by atoms with Crippen LogP contribution >= 0.6 is 11.3 Å². The average molecular weight is 519 g/mol. The van der Waals surface area contributed by atoms with Gasteiger partial charge in [-0.25, -0.2) is 8.42 Å². The third-order valence-corrected chi connectivity index (χ3v) is 9.46. The van der Waals surface area contributed by atoms with Gasteiger partial charge in [-0.1, -0.05) is 19.3 Å². The topological polar surface area (TPSA) is 78.9 Å². The first-order valence-corrected chi connectivity index (χ1v) is 13.7. The van der Waals surface area contributed by atoms with Crippen LogP contribution in [0.1, 0.15) is 55.1 Å². The molecule has 1 saturated heterocycles. The quantitative estimate of drug-likeness (QED) is 0.523. The first kappa shape index (κ1) is 25.3. The molecule has 34 heavy (non-hydrogen) atoms. The van der Waals surface area contributed by atoms with Gasteiger partial charge in [-0.15, -0.1) is 11.3 Å². The van der Waals surface area contributed by atoms with E-state index in [1.165, 1.54) is 6.07 Å². The number of nitrogens with zero attached hydrogens (tertiary/aromatic N) is 1. The highest BCUT2D eigenvalue weighted by Crippen LogP contribution is 2.40. The van der Waals surface area contributed by atoms with Crippen molar-refractivity contribution in [1.29, 1.82) is 0 Å². The Morgan fingerprint density at radius 3 is 2.53 bits per heavy atom. The van der Waals surface area contributed by atoms with Crippen LogP contribution in [0.3, 0.4) is 0 Å². The summed E-state index contributed by atoms with van der Waals surface area (Å²) in [7, 11) is -2.19. The molecule has 1 saturated carbocycles. The number of halogens is 3. The van der Waals surface area contributed by atoms with Crippen molar-refractivity contribution in [3.63, 3.8) is 0 Å². The Bertz CT molecular complexity index is 1100. The maximum absolute atomic E-state index is 13.5. The zero-order chi connectivity index (χ0) is 24.5. The van der Waals surface area contributed by atoms with Crippen LogP contribution in [0.25, 0.3) is 0 Å². The van der Waals surface area contributed by atoms with Gasteiger partial charge in [0.2, 0.25) is 0 Å². The Kier molecular flexibility index (Phi) is 7.47. The number of benzene rings is 1. The van der Waals surface area contributed by atoms with Crippen LogP contribution < -0.4 is 9.46 Å². The van der Waals surface area contributed by atoms with Gasteiger partial charge in [0.15, 0.2) is 0 Å². The van der Waals surface area contributed by atoms with Crippen LogP contribution in [-0.2, 0) is 16.2 Å². The lowest BCUT2D eigenvalue weighted by Gasteiger charge is -2.25. The summed E-state index contributed by atoms with van der Waals surface area (Å²) in [5.74, 6) is -0.284. The number of aliphatic hydroxyl groups excluding tert-OH is 1. The first-order valence-electron chi connectivity index (χ1n) is 11.4. The molecule has 2 heterocycles. The molecule has 2 fully saturated rings. The minimum absolute atomic E-state index is 0.00264. The number of ether oxygens (including phenoxy) is 1. The largest absolute Gasteiger partial charge is 0.488 e. The highest BCUT2D eigenvalue weighted by Gasteiger charge is 2.36. The van der Waals surface area contributed by atoms with Crippen LogP contribution in [0.15, 0.2) is 34.5 Å². The monoisotopic (exact) mass is 518 g/mol. The molecule has 1 aliphatic heterocycles. The van der Waals surface area contributed by atoms with Crippen molar-refractivity contribution in [2.24, 2.45) is 5.92 Å². The molecule has 1 aromatic heterocycles. The molecular weight excluding hydrogens is 489 g/mol. The lowest BCUT2D eigenvalue weighted by atomic mass is 9.85. The highest BCUT2D eigenvalue weighted by molar-refractivity contribution is 7.94. The molecule has 2 atom stereocenters. The average Bonchev–Trinajstić information content (AvgIpc) is 3.43. The third kappa shape index (κ3) is 5.87. The smallest absolute Gasteiger partial charge is 0.419 e. The predicted octanol–water partition coefficient (Wildman–Crippen LogP) is 5.26. The molecule has 1 aliphatic carbocycles. The molecule has 11 heteroatoms. The molecule has 2 N–H and O–H groups in total. The maximum Gasteiger partial charge on any atom is 0.419 e. The third-order valence-electron chi connectivity index (χ3n) is 6.44. The molecule has 0 bridgehead atoms. The van der Waals surface area contributed by atoms with E-state index in [4.69, 9.17) is 4.74 Å². The lowest BCUT2D eigenvalue weighted by molar-refractivity contribution is -0.139. The predicted molar refractivity (Wildman–Crippen MR) is 125 cm³/mol. The van der Waals surface area contributed by atoms with Gasteiger partial charge >= 0.3 is 6.18 Å². The van der Waals surface area contributed by atoms with Gasteiger partial charge in [-0.3, -0.25) is 4.72 Å². The highest BCUT2D eigenvalue weighted by atomic mass is 32.2. The van der Waals surface area contributed by atoms with Crippen LogP contribution in [0, 0.1) is 5.92 Å². The zero-order valence-corrected chi connectivity index (χ0v) is 20.5. The Balaban J connectivity index is 1.53. The molecule has 0 spiro atoms. The van der Waals surface area contributed by atoms with E-state index in [0.717, 1.165) is 61.6 Å². The van der Waals surface area contributed by atoms with E-state index in [1.54, 1.807) is 6.07 Å². The van der Waals surface area contributed by atoms with Gasteiger partial charge in [0.25, 0.3) is 10.0 Å². The first-order chi connectivity index (χ1) is 16.0. The molecule has 6 nitrogen and oxygen atoms in total. The SMILES string of the molecule is CN1CC[C@@H](Oc2cc(NS(=O)(=O)c3ccc(C(O)C4CCCCC4)s3)ccc2C(F)(F)F)C1. The Morgan fingerprint density at radius 2 is 1.88 bits per heavy atom. The van der Waals surface area contributed by atoms with Crippen molar-refractivity contribution in [3.8, 4) is 5.75 Å². The number of rotatable bonds is 7. The van der Waals surface area contributed by atoms with Crippen molar-refractivity contribution in [1.82, 2.24) is 4.90 Å². The van der Waals surface area contributed by atoms with Crippen LogP contribution in [0.5, 0.6) is 5.75 Å². The summed E-state index contributed by atoms with van der Waals surface area (Å²) >= 11 is 0.982. The summed E-state index contributed by atoms with van der Waals surface area (Å²) in [4.78, 5) is 2.54. The number of nitrogens with one attached hydrogen (secondary N) is 1. The van der Waals surface area contributed by atoms with Gasteiger partial charge in [-0.05, 0) is 56.5 Å². The van der Waals surface area contributed by atoms with Gasteiger partial charge in [0.05, 0.1) is 17.4 Å². The number of likely N-dealkylation sites (N-methyl/N-ethyl adjacent to an activating group) is 1. The van der Waals surface area contributed by atoms with Gasteiger partial charge in [-0.2, -0.15) is 13.2 Å². The second kappa shape index (κ2) is 10.0. The lowest BCUT2D eigenvalue weighted by Crippen LogP contribution is -2.23. The van der Waals surface area contributed by atoms with E-state index >= 15 is 0 Å². The van der Waals surface area contributed by atoms with Crippen LogP contribution in [0.4, 0.5) is 18.9 Å². The maximum atomic E-state index is 13.5. The van der Waals surface area contributed by atoms with Crippen molar-refractivity contribution in [2.45, 2.75) is 61.1 Å². The van der Waals surface area contributed by atoms with E-state index < -0.39 is 39.7 Å². The summed E-state index contributed by atoms with van der Waals surface area (Å²) in [6, 6.07) is 6.03. The molecule has 2 aromatic rings. The summed E-state index contributed by atoms with van der Waals surface area (Å²) in [5, 5.41) is 10.7. The fraction of sp³-hybridized carbons (Fsp3) is 0.565. The second-order valence-electron chi connectivity index (χ2n) is 9.10. The van der Waals surface area contributed by atoms with E-state index in [0.29, 0.717) is 24.4 Å². The summed E-state index contributed by atoms with van der Waals surface area (Å²) in [6.45, 7) is 1.21. The number of alkyl halides is 3. The molecule has 4 rings (SSSR count). The van der Waals surface area contributed by atoms with Gasteiger partial charge in [0.1, 0.15) is 16.1 Å². The number of aliphatic hydroxyl groups is 1. The molecule has 0 radical (unpaired) electrons. The van der Waals surface area contributed by atoms with Crippen molar-refractivity contribution < 1.29 is 31.4 Å². The molecule has 1 aromatic carbocycles. The summed E-state index contributed by atoms with van der Waals surface area (Å²) in [6.07, 6.45) is -0.100. The van der Waals surface area contributed by atoms with Gasteiger partial charge in [0, 0.05) is 24.0 Å². The van der Waals surface area contributed by atoms with Crippen molar-refractivity contribution in [2.75, 3.05) is 24.9 Å².